The fourth-order valence-electron chi connectivity index (χ4n) is 3.23. The third-order valence-electron chi connectivity index (χ3n) is 4.59. The zero-order chi connectivity index (χ0) is 16.8. The number of hydrogen-bond donors (Lipinski definition) is 2. The number of nitrogens with zero attached hydrogens (tertiary/aromatic N) is 2. The normalized spacial score (nSPS) is 16.2. The van der Waals surface area contributed by atoms with Gasteiger partial charge in [-0.1, -0.05) is 50.3 Å². The van der Waals surface area contributed by atoms with Crippen LogP contribution in [0.15, 0.2) is 36.5 Å². The van der Waals surface area contributed by atoms with Gasteiger partial charge in [0.1, 0.15) is 0 Å². The van der Waals surface area contributed by atoms with Crippen molar-refractivity contribution < 1.29 is 4.79 Å². The lowest BCUT2D eigenvalue weighted by molar-refractivity contribution is 0.245. The number of aromatic nitrogens is 2. The Bertz CT molecular complexity index is 657. The van der Waals surface area contributed by atoms with Crippen LogP contribution in [0.1, 0.15) is 50.5 Å². The summed E-state index contributed by atoms with van der Waals surface area (Å²) < 4.78 is 1.79. The first kappa shape index (κ1) is 16.6. The number of benzene rings is 1. The van der Waals surface area contributed by atoms with Gasteiger partial charge in [0, 0.05) is 17.8 Å². The monoisotopic (exact) mass is 326 g/mol. The van der Waals surface area contributed by atoms with Crippen LogP contribution in [-0.4, -0.2) is 21.9 Å². The molecule has 1 fully saturated rings. The maximum absolute atomic E-state index is 12.3. The third kappa shape index (κ3) is 4.37. The Morgan fingerprint density at radius 2 is 1.75 bits per heavy atom. The molecule has 0 unspecified atom stereocenters. The topological polar surface area (TPSA) is 59.0 Å². The van der Waals surface area contributed by atoms with Crippen molar-refractivity contribution in [1.29, 1.82) is 0 Å². The van der Waals surface area contributed by atoms with E-state index in [1.807, 2.05) is 43.5 Å². The molecule has 1 heterocycles. The van der Waals surface area contributed by atoms with Gasteiger partial charge in [-0.2, -0.15) is 0 Å². The average molecular weight is 326 g/mol. The number of rotatable bonds is 3. The number of para-hydroxylation sites is 1. The van der Waals surface area contributed by atoms with Crippen molar-refractivity contribution >= 4 is 11.8 Å². The summed E-state index contributed by atoms with van der Waals surface area (Å²) >= 11 is 0. The van der Waals surface area contributed by atoms with E-state index >= 15 is 0 Å². The van der Waals surface area contributed by atoms with E-state index in [2.05, 4.69) is 15.7 Å². The Labute approximate surface area is 143 Å². The van der Waals surface area contributed by atoms with Crippen molar-refractivity contribution in [3.8, 4) is 5.69 Å². The molecule has 2 amide bonds. The third-order valence-corrected chi connectivity index (χ3v) is 4.59. The van der Waals surface area contributed by atoms with Crippen molar-refractivity contribution in [2.75, 3.05) is 5.32 Å². The van der Waals surface area contributed by atoms with Crippen LogP contribution >= 0.6 is 0 Å². The van der Waals surface area contributed by atoms with Gasteiger partial charge < -0.3 is 5.32 Å². The van der Waals surface area contributed by atoms with Crippen molar-refractivity contribution in [1.82, 2.24) is 15.1 Å². The molecule has 0 radical (unpaired) electrons. The molecule has 0 saturated heterocycles. The van der Waals surface area contributed by atoms with Gasteiger partial charge in [-0.25, -0.2) is 9.48 Å². The van der Waals surface area contributed by atoms with Crippen LogP contribution in [-0.2, 0) is 0 Å². The lowest BCUT2D eigenvalue weighted by Crippen LogP contribution is -2.38. The minimum absolute atomic E-state index is 0.151. The fraction of sp³-hybridized carbons (Fsp3) is 0.474. The molecule has 0 aliphatic heterocycles. The van der Waals surface area contributed by atoms with E-state index in [0.29, 0.717) is 5.82 Å². The van der Waals surface area contributed by atoms with Crippen LogP contribution in [0.5, 0.6) is 0 Å². The molecule has 1 aliphatic carbocycles. The predicted octanol–water partition coefficient (Wildman–Crippen LogP) is 4.42. The van der Waals surface area contributed by atoms with E-state index in [9.17, 15) is 4.79 Å². The van der Waals surface area contributed by atoms with Crippen LogP contribution in [0.3, 0.4) is 0 Å². The lowest BCUT2D eigenvalue weighted by atomic mass is 9.97. The molecule has 0 spiro atoms. The molecule has 5 nitrogen and oxygen atoms in total. The number of aryl methyl sites for hydroxylation is 1. The van der Waals surface area contributed by atoms with Crippen LogP contribution < -0.4 is 10.6 Å². The van der Waals surface area contributed by atoms with Gasteiger partial charge in [0.2, 0.25) is 0 Å². The highest BCUT2D eigenvalue weighted by Crippen LogP contribution is 2.18. The quantitative estimate of drug-likeness (QED) is 0.877. The van der Waals surface area contributed by atoms with E-state index in [4.69, 9.17) is 0 Å². The van der Waals surface area contributed by atoms with Crippen LogP contribution in [0, 0.1) is 6.92 Å². The molecular weight excluding hydrogens is 300 g/mol. The number of carbonyl (C=O) groups excluding carboxylic acids is 1. The number of amides is 2. The van der Waals surface area contributed by atoms with Gasteiger partial charge in [0.05, 0.1) is 5.69 Å². The molecule has 3 rings (SSSR count). The van der Waals surface area contributed by atoms with E-state index < -0.39 is 0 Å². The van der Waals surface area contributed by atoms with Crippen molar-refractivity contribution in [2.45, 2.75) is 57.9 Å². The van der Waals surface area contributed by atoms with Gasteiger partial charge in [-0.15, -0.1) is 5.10 Å². The number of carbonyl (C=O) groups is 1. The second kappa shape index (κ2) is 7.99. The average Bonchev–Trinajstić information content (AvgIpc) is 2.92. The molecule has 1 aromatic heterocycles. The summed E-state index contributed by atoms with van der Waals surface area (Å²) in [7, 11) is 0. The highest BCUT2D eigenvalue weighted by Gasteiger charge is 2.15. The molecule has 2 N–H and O–H groups in total. The van der Waals surface area contributed by atoms with Crippen LogP contribution in [0.2, 0.25) is 0 Å². The van der Waals surface area contributed by atoms with Crippen molar-refractivity contribution in [3.05, 3.63) is 42.1 Å². The molecular formula is C19H26N4O. The SMILES string of the molecule is Cc1cn(-c2ccccc2)nc1NC(=O)NC1CCCCCCC1. The van der Waals surface area contributed by atoms with Gasteiger partial charge in [0.25, 0.3) is 0 Å². The first-order chi connectivity index (χ1) is 11.7. The predicted molar refractivity (Wildman–Crippen MR) is 96.6 cm³/mol. The molecule has 1 aromatic carbocycles. The number of urea groups is 1. The molecule has 2 aromatic rings. The van der Waals surface area contributed by atoms with Crippen molar-refractivity contribution in [2.24, 2.45) is 0 Å². The highest BCUT2D eigenvalue weighted by molar-refractivity contribution is 5.89. The maximum Gasteiger partial charge on any atom is 0.320 e. The summed E-state index contributed by atoms with van der Waals surface area (Å²) in [6.45, 7) is 1.96. The lowest BCUT2D eigenvalue weighted by Gasteiger charge is -2.21. The van der Waals surface area contributed by atoms with Gasteiger partial charge in [-0.3, -0.25) is 5.32 Å². The Hall–Kier alpha value is -2.30. The van der Waals surface area contributed by atoms with E-state index in [1.165, 1.54) is 32.1 Å². The zero-order valence-electron chi connectivity index (χ0n) is 14.3. The molecule has 0 bridgehead atoms. The van der Waals surface area contributed by atoms with E-state index in [1.54, 1.807) is 4.68 Å². The molecule has 128 valence electrons. The Morgan fingerprint density at radius 1 is 1.08 bits per heavy atom. The second-order valence-electron chi connectivity index (χ2n) is 6.58. The highest BCUT2D eigenvalue weighted by atomic mass is 16.2. The Balaban J connectivity index is 1.61. The molecule has 1 saturated carbocycles. The summed E-state index contributed by atoms with van der Waals surface area (Å²) in [5.41, 5.74) is 1.93. The van der Waals surface area contributed by atoms with Crippen molar-refractivity contribution in [3.63, 3.8) is 0 Å². The number of nitrogens with one attached hydrogen (secondary N) is 2. The van der Waals surface area contributed by atoms with Crippen LogP contribution in [0.25, 0.3) is 5.69 Å². The summed E-state index contributed by atoms with van der Waals surface area (Å²) in [5, 5.41) is 10.5. The first-order valence-corrected chi connectivity index (χ1v) is 8.91. The minimum Gasteiger partial charge on any atom is -0.335 e. The smallest absolute Gasteiger partial charge is 0.320 e. The summed E-state index contributed by atoms with van der Waals surface area (Å²) in [4.78, 5) is 12.3. The number of anilines is 1. The molecule has 0 atom stereocenters. The largest absolute Gasteiger partial charge is 0.335 e. The standard InChI is InChI=1S/C19H26N4O/c1-15-14-23(17-12-8-5-9-13-17)22-18(15)21-19(24)20-16-10-6-3-2-4-7-11-16/h5,8-9,12-14,16H,2-4,6-7,10-11H2,1H3,(H2,20,21,22,24). The summed E-state index contributed by atoms with van der Waals surface area (Å²) in [6, 6.07) is 10.0. The van der Waals surface area contributed by atoms with Gasteiger partial charge in [0.15, 0.2) is 5.82 Å². The number of hydrogen-bond acceptors (Lipinski definition) is 2. The molecule has 24 heavy (non-hydrogen) atoms. The van der Waals surface area contributed by atoms with E-state index in [-0.39, 0.29) is 12.1 Å². The Kier molecular flexibility index (Phi) is 5.51. The summed E-state index contributed by atoms with van der Waals surface area (Å²) in [5.74, 6) is 0.613. The van der Waals surface area contributed by atoms with Gasteiger partial charge in [-0.05, 0) is 31.9 Å². The summed E-state index contributed by atoms with van der Waals surface area (Å²) in [6.07, 6.45) is 10.4. The van der Waals surface area contributed by atoms with Gasteiger partial charge >= 0.3 is 6.03 Å². The minimum atomic E-state index is -0.151. The fourth-order valence-corrected chi connectivity index (χ4v) is 3.23. The molecule has 1 aliphatic rings. The molecule has 5 heteroatoms. The van der Waals surface area contributed by atoms with E-state index in [0.717, 1.165) is 24.1 Å². The Morgan fingerprint density at radius 3 is 2.46 bits per heavy atom. The maximum atomic E-state index is 12.3. The second-order valence-corrected chi connectivity index (χ2v) is 6.58. The zero-order valence-corrected chi connectivity index (χ0v) is 14.3. The first-order valence-electron chi connectivity index (χ1n) is 8.91. The van der Waals surface area contributed by atoms with Crippen LogP contribution in [0.4, 0.5) is 10.6 Å².